The van der Waals surface area contributed by atoms with Crippen LogP contribution in [0.5, 0.6) is 5.75 Å². The van der Waals surface area contributed by atoms with E-state index in [0.29, 0.717) is 5.75 Å². The van der Waals surface area contributed by atoms with Crippen LogP contribution in [0.2, 0.25) is 0 Å². The van der Waals surface area contributed by atoms with Crippen molar-refractivity contribution >= 4 is 11.9 Å². The molecule has 0 saturated carbocycles. The van der Waals surface area contributed by atoms with E-state index in [1.54, 1.807) is 31.3 Å². The lowest BCUT2D eigenvalue weighted by Crippen LogP contribution is -2.38. The molecule has 0 unspecified atom stereocenters. The van der Waals surface area contributed by atoms with Gasteiger partial charge in [0.05, 0.1) is 0 Å². The van der Waals surface area contributed by atoms with E-state index >= 15 is 0 Å². The van der Waals surface area contributed by atoms with Gasteiger partial charge < -0.3 is 15.4 Å². The zero-order chi connectivity index (χ0) is 11.3. The third-order valence-electron chi connectivity index (χ3n) is 1.75. The molecular formula is C10H13N3O2. The van der Waals surface area contributed by atoms with Crippen molar-refractivity contribution in [1.29, 1.82) is 5.41 Å². The second-order valence-corrected chi connectivity index (χ2v) is 3.03. The van der Waals surface area contributed by atoms with Crippen molar-refractivity contribution < 1.29 is 9.53 Å². The van der Waals surface area contributed by atoms with Gasteiger partial charge in [-0.15, -0.1) is 0 Å². The smallest absolute Gasteiger partial charge is 0.331 e. The SMILES string of the molecule is CN(CC(=O)Oc1ccccc1)C(=N)N. The predicted octanol–water partition coefficient (Wildman–Crippen LogP) is 0.417. The normalized spacial score (nSPS) is 9.40. The van der Waals surface area contributed by atoms with Crippen LogP contribution in [0.15, 0.2) is 30.3 Å². The van der Waals surface area contributed by atoms with Gasteiger partial charge in [0.15, 0.2) is 5.96 Å². The molecule has 0 fully saturated rings. The first-order valence-electron chi connectivity index (χ1n) is 4.40. The van der Waals surface area contributed by atoms with Crippen LogP contribution >= 0.6 is 0 Å². The van der Waals surface area contributed by atoms with Gasteiger partial charge in [0.2, 0.25) is 0 Å². The Morgan fingerprint density at radius 1 is 1.47 bits per heavy atom. The largest absolute Gasteiger partial charge is 0.425 e. The third kappa shape index (κ3) is 3.68. The molecule has 15 heavy (non-hydrogen) atoms. The van der Waals surface area contributed by atoms with E-state index in [2.05, 4.69) is 0 Å². The molecule has 0 heterocycles. The molecule has 80 valence electrons. The first-order chi connectivity index (χ1) is 7.09. The minimum Gasteiger partial charge on any atom is -0.425 e. The Morgan fingerprint density at radius 3 is 2.60 bits per heavy atom. The van der Waals surface area contributed by atoms with E-state index in [1.165, 1.54) is 4.90 Å². The van der Waals surface area contributed by atoms with Crippen LogP contribution in [-0.4, -0.2) is 30.4 Å². The topological polar surface area (TPSA) is 79.4 Å². The molecule has 0 aliphatic rings. The van der Waals surface area contributed by atoms with E-state index in [1.807, 2.05) is 6.07 Å². The van der Waals surface area contributed by atoms with Gasteiger partial charge in [-0.25, -0.2) is 4.79 Å². The molecular weight excluding hydrogens is 194 g/mol. The molecule has 5 nitrogen and oxygen atoms in total. The fraction of sp³-hybridized carbons (Fsp3) is 0.200. The highest BCUT2D eigenvalue weighted by Gasteiger charge is 2.09. The number of carbonyl (C=O) groups excluding carboxylic acids is 1. The quantitative estimate of drug-likeness (QED) is 0.326. The fourth-order valence-corrected chi connectivity index (χ4v) is 0.931. The maximum absolute atomic E-state index is 11.3. The van der Waals surface area contributed by atoms with Gasteiger partial charge in [-0.3, -0.25) is 5.41 Å². The second-order valence-electron chi connectivity index (χ2n) is 3.03. The molecule has 1 rings (SSSR count). The summed E-state index contributed by atoms with van der Waals surface area (Å²) in [6.07, 6.45) is 0. The summed E-state index contributed by atoms with van der Waals surface area (Å²) in [5.74, 6) is -0.127. The number of nitrogens with two attached hydrogens (primary N) is 1. The van der Waals surface area contributed by atoms with E-state index in [4.69, 9.17) is 15.9 Å². The summed E-state index contributed by atoms with van der Waals surface area (Å²) >= 11 is 0. The fourth-order valence-electron chi connectivity index (χ4n) is 0.931. The Kier molecular flexibility index (Phi) is 3.68. The van der Waals surface area contributed by atoms with Gasteiger partial charge in [-0.2, -0.15) is 0 Å². The van der Waals surface area contributed by atoms with Crippen molar-refractivity contribution in [2.45, 2.75) is 0 Å². The van der Waals surface area contributed by atoms with Crippen LogP contribution < -0.4 is 10.5 Å². The molecule has 0 radical (unpaired) electrons. The molecule has 1 aromatic rings. The van der Waals surface area contributed by atoms with Gasteiger partial charge in [0, 0.05) is 7.05 Å². The Hall–Kier alpha value is -2.04. The maximum Gasteiger partial charge on any atom is 0.331 e. The van der Waals surface area contributed by atoms with Gasteiger partial charge in [-0.1, -0.05) is 18.2 Å². The van der Waals surface area contributed by atoms with Crippen molar-refractivity contribution in [1.82, 2.24) is 4.90 Å². The summed E-state index contributed by atoms with van der Waals surface area (Å²) in [7, 11) is 1.55. The zero-order valence-electron chi connectivity index (χ0n) is 8.43. The Balaban J connectivity index is 2.47. The molecule has 0 aliphatic heterocycles. The monoisotopic (exact) mass is 207 g/mol. The average molecular weight is 207 g/mol. The lowest BCUT2D eigenvalue weighted by Gasteiger charge is -2.14. The number of likely N-dealkylation sites (N-methyl/N-ethyl adjacent to an activating group) is 1. The minimum absolute atomic E-state index is 0.0375. The summed E-state index contributed by atoms with van der Waals surface area (Å²) in [5, 5.41) is 7.07. The van der Waals surface area contributed by atoms with E-state index in [-0.39, 0.29) is 12.5 Å². The second kappa shape index (κ2) is 4.99. The lowest BCUT2D eigenvalue weighted by atomic mass is 10.3. The number of guanidine groups is 1. The Bertz CT molecular complexity index is 351. The number of para-hydroxylation sites is 1. The van der Waals surface area contributed by atoms with Gasteiger partial charge >= 0.3 is 5.97 Å². The molecule has 0 saturated heterocycles. The molecule has 0 aromatic heterocycles. The van der Waals surface area contributed by atoms with Gasteiger partial charge in [0.1, 0.15) is 12.3 Å². The molecule has 0 atom stereocenters. The number of esters is 1. The number of ether oxygens (including phenoxy) is 1. The minimum atomic E-state index is -0.445. The van der Waals surface area contributed by atoms with Gasteiger partial charge in [-0.05, 0) is 12.1 Å². The summed E-state index contributed by atoms with van der Waals surface area (Å²) < 4.78 is 5.00. The van der Waals surface area contributed by atoms with E-state index in [9.17, 15) is 4.79 Å². The van der Waals surface area contributed by atoms with Crippen LogP contribution in [0, 0.1) is 5.41 Å². The van der Waals surface area contributed by atoms with E-state index < -0.39 is 5.97 Å². The molecule has 0 spiro atoms. The third-order valence-corrected chi connectivity index (χ3v) is 1.75. The van der Waals surface area contributed by atoms with Crippen LogP contribution in [0.25, 0.3) is 0 Å². The van der Waals surface area contributed by atoms with Crippen molar-refractivity contribution in [2.24, 2.45) is 5.73 Å². The highest BCUT2D eigenvalue weighted by atomic mass is 16.5. The number of nitrogens with one attached hydrogen (secondary N) is 1. The van der Waals surface area contributed by atoms with Crippen molar-refractivity contribution in [3.05, 3.63) is 30.3 Å². The number of hydrogen-bond donors (Lipinski definition) is 2. The number of rotatable bonds is 3. The molecule has 1 aromatic carbocycles. The molecule has 0 bridgehead atoms. The summed E-state index contributed by atoms with van der Waals surface area (Å²) in [4.78, 5) is 12.6. The number of nitrogens with zero attached hydrogens (tertiary/aromatic N) is 1. The van der Waals surface area contributed by atoms with E-state index in [0.717, 1.165) is 0 Å². The van der Waals surface area contributed by atoms with Crippen LogP contribution in [-0.2, 0) is 4.79 Å². The highest BCUT2D eigenvalue weighted by Crippen LogP contribution is 2.08. The standard InChI is InChI=1S/C10H13N3O2/c1-13(10(11)12)7-9(14)15-8-5-3-2-4-6-8/h2-6H,7H2,1H3,(H3,11,12). The Morgan fingerprint density at radius 2 is 2.07 bits per heavy atom. The highest BCUT2D eigenvalue weighted by molar-refractivity contribution is 5.81. The number of benzene rings is 1. The molecule has 3 N–H and O–H groups in total. The summed E-state index contributed by atoms with van der Waals surface area (Å²) in [6, 6.07) is 8.75. The number of hydrogen-bond acceptors (Lipinski definition) is 3. The van der Waals surface area contributed by atoms with Crippen LogP contribution in [0.4, 0.5) is 0 Å². The maximum atomic E-state index is 11.3. The first-order valence-corrected chi connectivity index (χ1v) is 4.40. The van der Waals surface area contributed by atoms with Crippen molar-refractivity contribution in [3.8, 4) is 5.75 Å². The molecule has 5 heteroatoms. The molecule has 0 aliphatic carbocycles. The first kappa shape index (κ1) is 11.0. The lowest BCUT2D eigenvalue weighted by molar-refractivity contribution is -0.134. The Labute approximate surface area is 88.0 Å². The summed E-state index contributed by atoms with van der Waals surface area (Å²) in [5.41, 5.74) is 5.18. The molecule has 0 amide bonds. The average Bonchev–Trinajstić information content (AvgIpc) is 2.18. The van der Waals surface area contributed by atoms with Crippen LogP contribution in [0.3, 0.4) is 0 Å². The van der Waals surface area contributed by atoms with Crippen LogP contribution in [0.1, 0.15) is 0 Å². The predicted molar refractivity (Wildman–Crippen MR) is 56.6 cm³/mol. The zero-order valence-corrected chi connectivity index (χ0v) is 8.43. The summed E-state index contributed by atoms with van der Waals surface area (Å²) in [6.45, 7) is -0.0375. The van der Waals surface area contributed by atoms with Crippen molar-refractivity contribution in [3.63, 3.8) is 0 Å². The van der Waals surface area contributed by atoms with Gasteiger partial charge in [0.25, 0.3) is 0 Å². The number of carbonyl (C=O) groups is 1. The van der Waals surface area contributed by atoms with Crippen molar-refractivity contribution in [2.75, 3.05) is 13.6 Å².